The Bertz CT molecular complexity index is 702. The fraction of sp³-hybridized carbons (Fsp3) is 0.381. The molecule has 0 saturated carbocycles. The van der Waals surface area contributed by atoms with Crippen molar-refractivity contribution < 1.29 is 9.53 Å². The maximum absolute atomic E-state index is 12.5. The highest BCUT2D eigenvalue weighted by atomic mass is 16.5. The minimum Gasteiger partial charge on any atom is -0.497 e. The van der Waals surface area contributed by atoms with Crippen LogP contribution in [-0.4, -0.2) is 33.2 Å². The molecule has 0 bridgehead atoms. The van der Waals surface area contributed by atoms with Gasteiger partial charge in [0.25, 0.3) is 0 Å². The first-order valence-electron chi connectivity index (χ1n) is 8.83. The van der Waals surface area contributed by atoms with E-state index in [0.29, 0.717) is 0 Å². The highest BCUT2D eigenvalue weighted by Gasteiger charge is 2.38. The Labute approximate surface area is 149 Å². The van der Waals surface area contributed by atoms with E-state index in [-0.39, 0.29) is 11.3 Å². The second-order valence-corrected chi connectivity index (χ2v) is 6.74. The molecule has 3 rings (SSSR count). The van der Waals surface area contributed by atoms with Crippen LogP contribution in [0.4, 0.5) is 0 Å². The number of benzene rings is 2. The number of carbonyl (C=O) groups is 1. The molecule has 1 heterocycles. The number of ether oxygens (including phenoxy) is 1. The average molecular weight is 338 g/mol. The summed E-state index contributed by atoms with van der Waals surface area (Å²) in [5, 5.41) is 6.24. The Morgan fingerprint density at radius 3 is 2.28 bits per heavy atom. The van der Waals surface area contributed by atoms with Crippen LogP contribution in [0.3, 0.4) is 0 Å². The van der Waals surface area contributed by atoms with E-state index < -0.39 is 0 Å². The molecule has 4 nitrogen and oxygen atoms in total. The summed E-state index contributed by atoms with van der Waals surface area (Å²) in [4.78, 5) is 12.5. The van der Waals surface area contributed by atoms with Crippen molar-refractivity contribution in [1.29, 1.82) is 0 Å². The van der Waals surface area contributed by atoms with Crippen molar-refractivity contribution in [3.05, 3.63) is 54.1 Å². The van der Waals surface area contributed by atoms with Crippen LogP contribution >= 0.6 is 0 Å². The third-order valence-electron chi connectivity index (χ3n) is 5.10. The van der Waals surface area contributed by atoms with Gasteiger partial charge in [-0.1, -0.05) is 36.4 Å². The van der Waals surface area contributed by atoms with E-state index >= 15 is 0 Å². The molecular weight excluding hydrogens is 312 g/mol. The lowest BCUT2D eigenvalue weighted by Gasteiger charge is -2.36. The molecule has 132 valence electrons. The van der Waals surface area contributed by atoms with E-state index in [2.05, 4.69) is 47.0 Å². The molecule has 1 amide bonds. The SMILES string of the molecule is CNC(=O)[C@@]1(Cc2ccc(-c3ccc(OC)cc3)cc2)CCCNC1. The smallest absolute Gasteiger partial charge is 0.227 e. The van der Waals surface area contributed by atoms with Gasteiger partial charge in [0.1, 0.15) is 5.75 Å². The zero-order valence-electron chi connectivity index (χ0n) is 15.0. The third kappa shape index (κ3) is 3.85. The fourth-order valence-electron chi connectivity index (χ4n) is 3.65. The number of rotatable bonds is 5. The van der Waals surface area contributed by atoms with Gasteiger partial charge in [-0.05, 0) is 54.6 Å². The molecule has 1 saturated heterocycles. The van der Waals surface area contributed by atoms with Gasteiger partial charge in [-0.15, -0.1) is 0 Å². The monoisotopic (exact) mass is 338 g/mol. The predicted octanol–water partition coefficient (Wildman–Crippen LogP) is 3.02. The third-order valence-corrected chi connectivity index (χ3v) is 5.10. The minimum atomic E-state index is -0.339. The van der Waals surface area contributed by atoms with Crippen molar-refractivity contribution >= 4 is 5.91 Å². The van der Waals surface area contributed by atoms with E-state index in [9.17, 15) is 4.79 Å². The van der Waals surface area contributed by atoms with Crippen molar-refractivity contribution in [1.82, 2.24) is 10.6 Å². The Hall–Kier alpha value is -2.33. The van der Waals surface area contributed by atoms with Crippen molar-refractivity contribution in [3.63, 3.8) is 0 Å². The van der Waals surface area contributed by atoms with E-state index in [1.54, 1.807) is 14.2 Å². The largest absolute Gasteiger partial charge is 0.497 e. The first-order chi connectivity index (χ1) is 12.2. The summed E-state index contributed by atoms with van der Waals surface area (Å²) >= 11 is 0. The Kier molecular flexibility index (Phi) is 5.39. The van der Waals surface area contributed by atoms with Crippen LogP contribution in [0.1, 0.15) is 18.4 Å². The second kappa shape index (κ2) is 7.70. The molecule has 2 N–H and O–H groups in total. The van der Waals surface area contributed by atoms with Crippen molar-refractivity contribution in [2.24, 2.45) is 5.41 Å². The standard InChI is InChI=1S/C21H26N2O2/c1-22-20(24)21(12-3-13-23-15-21)14-16-4-6-17(7-5-16)18-8-10-19(25-2)11-9-18/h4-11,23H,3,12-15H2,1-2H3,(H,22,24)/t21-/m1/s1. The number of hydrogen-bond donors (Lipinski definition) is 2. The second-order valence-electron chi connectivity index (χ2n) is 6.74. The fourth-order valence-corrected chi connectivity index (χ4v) is 3.65. The minimum absolute atomic E-state index is 0.138. The van der Waals surface area contributed by atoms with Gasteiger partial charge < -0.3 is 15.4 Å². The molecule has 2 aromatic carbocycles. The molecule has 2 aromatic rings. The topological polar surface area (TPSA) is 50.4 Å². The quantitative estimate of drug-likeness (QED) is 0.881. The molecular formula is C21H26N2O2. The predicted molar refractivity (Wildman–Crippen MR) is 101 cm³/mol. The number of hydrogen-bond acceptors (Lipinski definition) is 3. The molecule has 1 aliphatic rings. The van der Waals surface area contributed by atoms with Crippen LogP contribution in [0.25, 0.3) is 11.1 Å². The van der Waals surface area contributed by atoms with Crippen LogP contribution in [0.5, 0.6) is 5.75 Å². The van der Waals surface area contributed by atoms with Crippen LogP contribution in [0.15, 0.2) is 48.5 Å². The lowest BCUT2D eigenvalue weighted by atomic mass is 9.75. The number of methoxy groups -OCH3 is 1. The number of amides is 1. The molecule has 0 radical (unpaired) electrons. The van der Waals surface area contributed by atoms with Crippen LogP contribution in [0, 0.1) is 5.41 Å². The van der Waals surface area contributed by atoms with Gasteiger partial charge in [-0.2, -0.15) is 0 Å². The number of carbonyl (C=O) groups excluding carboxylic acids is 1. The highest BCUT2D eigenvalue weighted by molar-refractivity contribution is 5.83. The molecule has 0 aliphatic carbocycles. The van der Waals surface area contributed by atoms with Gasteiger partial charge in [-0.3, -0.25) is 4.79 Å². The van der Waals surface area contributed by atoms with Gasteiger partial charge in [0.15, 0.2) is 0 Å². The zero-order chi connectivity index (χ0) is 17.7. The summed E-state index contributed by atoms with van der Waals surface area (Å²) in [5.74, 6) is 0.997. The summed E-state index contributed by atoms with van der Waals surface area (Å²) in [6, 6.07) is 16.6. The number of piperidine rings is 1. The van der Waals surface area contributed by atoms with E-state index in [1.807, 2.05) is 12.1 Å². The highest BCUT2D eigenvalue weighted by Crippen LogP contribution is 2.32. The van der Waals surface area contributed by atoms with Crippen molar-refractivity contribution in [3.8, 4) is 16.9 Å². The summed E-state index contributed by atoms with van der Waals surface area (Å²) in [6.07, 6.45) is 2.74. The molecule has 4 heteroatoms. The lowest BCUT2D eigenvalue weighted by Crippen LogP contribution is -2.51. The summed E-state index contributed by atoms with van der Waals surface area (Å²) in [6.45, 7) is 1.74. The molecule has 0 unspecified atom stereocenters. The Balaban J connectivity index is 1.77. The van der Waals surface area contributed by atoms with E-state index in [1.165, 1.54) is 11.1 Å². The number of nitrogens with one attached hydrogen (secondary N) is 2. The van der Waals surface area contributed by atoms with Gasteiger partial charge in [0.2, 0.25) is 5.91 Å². The summed E-state index contributed by atoms with van der Waals surface area (Å²) in [7, 11) is 3.40. The van der Waals surface area contributed by atoms with Gasteiger partial charge in [0, 0.05) is 13.6 Å². The molecule has 0 spiro atoms. The van der Waals surface area contributed by atoms with Crippen LogP contribution < -0.4 is 15.4 Å². The van der Waals surface area contributed by atoms with Gasteiger partial charge in [0.05, 0.1) is 12.5 Å². The van der Waals surface area contributed by atoms with Gasteiger partial charge >= 0.3 is 0 Å². The molecule has 25 heavy (non-hydrogen) atoms. The molecule has 1 fully saturated rings. The Morgan fingerprint density at radius 2 is 1.76 bits per heavy atom. The average Bonchev–Trinajstić information content (AvgIpc) is 2.68. The maximum atomic E-state index is 12.5. The normalized spacial score (nSPS) is 20.1. The first kappa shape index (κ1) is 17.5. The lowest BCUT2D eigenvalue weighted by molar-refractivity contribution is -0.131. The van der Waals surface area contributed by atoms with Crippen molar-refractivity contribution in [2.75, 3.05) is 27.2 Å². The van der Waals surface area contributed by atoms with E-state index in [0.717, 1.165) is 43.7 Å². The first-order valence-corrected chi connectivity index (χ1v) is 8.83. The zero-order valence-corrected chi connectivity index (χ0v) is 15.0. The molecule has 0 aromatic heterocycles. The maximum Gasteiger partial charge on any atom is 0.227 e. The summed E-state index contributed by atoms with van der Waals surface area (Å²) < 4.78 is 5.21. The van der Waals surface area contributed by atoms with Crippen LogP contribution in [0.2, 0.25) is 0 Å². The van der Waals surface area contributed by atoms with E-state index in [4.69, 9.17) is 4.74 Å². The Morgan fingerprint density at radius 1 is 1.12 bits per heavy atom. The molecule has 1 atom stereocenters. The van der Waals surface area contributed by atoms with Crippen LogP contribution in [-0.2, 0) is 11.2 Å². The van der Waals surface area contributed by atoms with Crippen molar-refractivity contribution in [2.45, 2.75) is 19.3 Å². The molecule has 1 aliphatic heterocycles. The van der Waals surface area contributed by atoms with Gasteiger partial charge in [-0.25, -0.2) is 0 Å². The summed E-state index contributed by atoms with van der Waals surface area (Å²) in [5.41, 5.74) is 3.19.